The molecule has 6 nitrogen and oxygen atoms in total. The smallest absolute Gasteiger partial charge is 0.230 e. The number of para-hydroxylation sites is 1. The predicted octanol–water partition coefficient (Wildman–Crippen LogP) is 3.62. The highest BCUT2D eigenvalue weighted by Crippen LogP contribution is 2.29. The molecule has 0 radical (unpaired) electrons. The highest BCUT2D eigenvalue weighted by molar-refractivity contribution is 7.99. The summed E-state index contributed by atoms with van der Waals surface area (Å²) in [5, 5.41) is 12.0. The minimum Gasteiger partial charge on any atom is -0.353 e. The monoisotopic (exact) mass is 427 g/mol. The number of carbonyl (C=O) groups excluding carboxylic acids is 1. The average Bonchev–Trinajstić information content (AvgIpc) is 3.15. The Morgan fingerprint density at radius 2 is 1.83 bits per heavy atom. The molecule has 1 atom stereocenters. The molecule has 1 heterocycles. The summed E-state index contributed by atoms with van der Waals surface area (Å²) in [6.07, 6.45) is 0.876. The van der Waals surface area contributed by atoms with Crippen LogP contribution in [0.25, 0.3) is 17.1 Å². The maximum Gasteiger partial charge on any atom is 0.230 e. The van der Waals surface area contributed by atoms with Crippen LogP contribution in [0.4, 0.5) is 4.39 Å². The second-order valence-corrected chi connectivity index (χ2v) is 8.25. The van der Waals surface area contributed by atoms with Crippen LogP contribution in [0.15, 0.2) is 59.8 Å². The van der Waals surface area contributed by atoms with Crippen LogP contribution in [0.1, 0.15) is 13.3 Å². The van der Waals surface area contributed by atoms with Gasteiger partial charge in [-0.15, -0.1) is 10.2 Å². The summed E-state index contributed by atoms with van der Waals surface area (Å²) in [7, 11) is 4.02. The van der Waals surface area contributed by atoms with Crippen molar-refractivity contribution in [2.75, 3.05) is 26.4 Å². The van der Waals surface area contributed by atoms with Crippen LogP contribution < -0.4 is 5.32 Å². The van der Waals surface area contributed by atoms with E-state index in [9.17, 15) is 9.18 Å². The lowest BCUT2D eigenvalue weighted by atomic mass is 10.2. The van der Waals surface area contributed by atoms with E-state index in [1.54, 1.807) is 22.8 Å². The molecule has 3 aromatic rings. The fourth-order valence-corrected chi connectivity index (χ4v) is 3.72. The lowest BCUT2D eigenvalue weighted by Crippen LogP contribution is -2.35. The summed E-state index contributed by atoms with van der Waals surface area (Å²) in [6, 6.07) is 16.1. The summed E-state index contributed by atoms with van der Waals surface area (Å²) in [6.45, 7) is 2.90. The van der Waals surface area contributed by atoms with Crippen LogP contribution in [0.3, 0.4) is 0 Å². The fraction of sp³-hybridized carbons (Fsp3) is 0.318. The number of nitrogens with zero attached hydrogens (tertiary/aromatic N) is 4. The van der Waals surface area contributed by atoms with Gasteiger partial charge in [0.1, 0.15) is 5.82 Å². The minimum absolute atomic E-state index is 0.0682. The minimum atomic E-state index is -0.369. The van der Waals surface area contributed by atoms with Crippen LogP contribution >= 0.6 is 11.8 Å². The van der Waals surface area contributed by atoms with Crippen molar-refractivity contribution < 1.29 is 9.18 Å². The second kappa shape index (κ2) is 10.4. The SMILES string of the molecule is CC(CCN(C)C)NC(=O)CSc1nnc(-c2ccccc2F)n1-c1ccccc1. The first-order valence-corrected chi connectivity index (χ1v) is 10.8. The molecular weight excluding hydrogens is 401 g/mol. The third-order valence-electron chi connectivity index (χ3n) is 4.51. The first kappa shape index (κ1) is 22.0. The number of halogens is 1. The van der Waals surface area contributed by atoms with Crippen molar-refractivity contribution in [2.45, 2.75) is 24.5 Å². The molecule has 0 spiro atoms. The molecule has 1 unspecified atom stereocenters. The molecule has 1 aromatic heterocycles. The molecular formula is C22H26FN5OS. The van der Waals surface area contributed by atoms with Crippen molar-refractivity contribution in [3.63, 3.8) is 0 Å². The Balaban J connectivity index is 1.79. The van der Waals surface area contributed by atoms with E-state index >= 15 is 0 Å². The fourth-order valence-electron chi connectivity index (χ4n) is 2.96. The lowest BCUT2D eigenvalue weighted by Gasteiger charge is -2.16. The van der Waals surface area contributed by atoms with Crippen LogP contribution in [0.5, 0.6) is 0 Å². The van der Waals surface area contributed by atoms with Crippen molar-refractivity contribution in [1.82, 2.24) is 25.0 Å². The number of rotatable bonds is 9. The van der Waals surface area contributed by atoms with Gasteiger partial charge in [0.25, 0.3) is 0 Å². The van der Waals surface area contributed by atoms with Gasteiger partial charge >= 0.3 is 0 Å². The summed E-state index contributed by atoms with van der Waals surface area (Å²) in [5.41, 5.74) is 1.17. The molecule has 0 saturated carbocycles. The van der Waals surface area contributed by atoms with Gasteiger partial charge in [-0.2, -0.15) is 0 Å². The average molecular weight is 428 g/mol. The van der Waals surface area contributed by atoms with E-state index in [0.717, 1.165) is 18.7 Å². The van der Waals surface area contributed by atoms with Crippen LogP contribution in [-0.2, 0) is 4.79 Å². The molecule has 0 saturated heterocycles. The molecule has 2 aromatic carbocycles. The molecule has 30 heavy (non-hydrogen) atoms. The normalized spacial score (nSPS) is 12.2. The van der Waals surface area contributed by atoms with Crippen molar-refractivity contribution in [3.8, 4) is 17.1 Å². The number of aromatic nitrogens is 3. The number of hydrogen-bond donors (Lipinski definition) is 1. The van der Waals surface area contributed by atoms with Gasteiger partial charge in [0.15, 0.2) is 11.0 Å². The van der Waals surface area contributed by atoms with Gasteiger partial charge in [-0.05, 0) is 58.3 Å². The van der Waals surface area contributed by atoms with Gasteiger partial charge in [-0.3, -0.25) is 9.36 Å². The quantitative estimate of drug-likeness (QED) is 0.529. The summed E-state index contributed by atoms with van der Waals surface area (Å²) < 4.78 is 16.2. The Morgan fingerprint density at radius 3 is 2.53 bits per heavy atom. The number of hydrogen-bond acceptors (Lipinski definition) is 5. The number of thioether (sulfide) groups is 1. The summed E-state index contributed by atoms with van der Waals surface area (Å²) >= 11 is 1.28. The highest BCUT2D eigenvalue weighted by atomic mass is 32.2. The van der Waals surface area contributed by atoms with Crippen LogP contribution in [0.2, 0.25) is 0 Å². The van der Waals surface area contributed by atoms with Gasteiger partial charge in [-0.1, -0.05) is 42.1 Å². The van der Waals surface area contributed by atoms with E-state index < -0.39 is 0 Å². The summed E-state index contributed by atoms with van der Waals surface area (Å²) in [5.74, 6) is 0.170. The van der Waals surface area contributed by atoms with Gasteiger partial charge in [0.05, 0.1) is 11.3 Å². The molecule has 0 aliphatic carbocycles. The molecule has 1 amide bonds. The Bertz CT molecular complexity index is 977. The van der Waals surface area contributed by atoms with E-state index in [1.165, 1.54) is 17.8 Å². The molecule has 1 N–H and O–H groups in total. The Kier molecular flexibility index (Phi) is 7.59. The van der Waals surface area contributed by atoms with E-state index in [-0.39, 0.29) is 23.5 Å². The molecule has 158 valence electrons. The van der Waals surface area contributed by atoms with Crippen molar-refractivity contribution in [1.29, 1.82) is 0 Å². The predicted molar refractivity (Wildman–Crippen MR) is 118 cm³/mol. The topological polar surface area (TPSA) is 63.1 Å². The number of carbonyl (C=O) groups is 1. The van der Waals surface area contributed by atoms with Gasteiger partial charge < -0.3 is 10.2 Å². The largest absolute Gasteiger partial charge is 0.353 e. The lowest BCUT2D eigenvalue weighted by molar-refractivity contribution is -0.119. The van der Waals surface area contributed by atoms with Gasteiger partial charge in [0, 0.05) is 11.7 Å². The van der Waals surface area contributed by atoms with Crippen molar-refractivity contribution in [2.24, 2.45) is 0 Å². The van der Waals surface area contributed by atoms with E-state index in [0.29, 0.717) is 16.5 Å². The molecule has 0 aliphatic rings. The van der Waals surface area contributed by atoms with Crippen LogP contribution in [-0.4, -0.2) is 58.0 Å². The maximum absolute atomic E-state index is 14.4. The summed E-state index contributed by atoms with van der Waals surface area (Å²) in [4.78, 5) is 14.5. The van der Waals surface area contributed by atoms with Crippen molar-refractivity contribution >= 4 is 17.7 Å². The standard InChI is InChI=1S/C22H26FN5OS/c1-16(13-14-27(2)3)24-20(29)15-30-22-26-25-21(18-11-7-8-12-19(18)23)28(22)17-9-5-4-6-10-17/h4-12,16H,13-15H2,1-3H3,(H,24,29). The number of amides is 1. The number of benzene rings is 2. The van der Waals surface area contributed by atoms with E-state index in [2.05, 4.69) is 20.4 Å². The zero-order chi connectivity index (χ0) is 21.5. The second-order valence-electron chi connectivity index (χ2n) is 7.31. The third kappa shape index (κ3) is 5.67. The Morgan fingerprint density at radius 1 is 1.13 bits per heavy atom. The van der Waals surface area contributed by atoms with E-state index in [4.69, 9.17) is 0 Å². The maximum atomic E-state index is 14.4. The molecule has 0 fully saturated rings. The Hall–Kier alpha value is -2.71. The number of nitrogens with one attached hydrogen (secondary N) is 1. The molecule has 3 rings (SSSR count). The van der Waals surface area contributed by atoms with Gasteiger partial charge in [-0.25, -0.2) is 4.39 Å². The first-order valence-electron chi connectivity index (χ1n) is 9.78. The molecule has 8 heteroatoms. The zero-order valence-electron chi connectivity index (χ0n) is 17.4. The highest BCUT2D eigenvalue weighted by Gasteiger charge is 2.19. The van der Waals surface area contributed by atoms with E-state index in [1.807, 2.05) is 51.4 Å². The van der Waals surface area contributed by atoms with Crippen molar-refractivity contribution in [3.05, 3.63) is 60.4 Å². The first-order chi connectivity index (χ1) is 14.5. The third-order valence-corrected chi connectivity index (χ3v) is 5.44. The van der Waals surface area contributed by atoms with Crippen LogP contribution in [0, 0.1) is 5.82 Å². The molecule has 0 bridgehead atoms. The molecule has 0 aliphatic heterocycles. The van der Waals surface area contributed by atoms with Gasteiger partial charge in [0.2, 0.25) is 5.91 Å². The Labute approximate surface area is 180 Å². The zero-order valence-corrected chi connectivity index (χ0v) is 18.2.